The quantitative estimate of drug-likeness (QED) is 0.905. The number of amides is 1. The molecule has 5 nitrogen and oxygen atoms in total. The number of carbonyl (C=O) groups excluding carboxylic acids is 1. The van der Waals surface area contributed by atoms with Crippen molar-refractivity contribution in [3.63, 3.8) is 0 Å². The van der Waals surface area contributed by atoms with Gasteiger partial charge in [-0.2, -0.15) is 0 Å². The van der Waals surface area contributed by atoms with Crippen molar-refractivity contribution in [3.05, 3.63) is 47.0 Å². The highest BCUT2D eigenvalue weighted by Crippen LogP contribution is 2.40. The van der Waals surface area contributed by atoms with E-state index in [1.807, 2.05) is 25.9 Å². The Balaban J connectivity index is 1.81. The van der Waals surface area contributed by atoms with Crippen LogP contribution < -0.4 is 4.90 Å². The number of aryl methyl sites for hydroxylation is 2. The molecule has 0 radical (unpaired) electrons. The van der Waals surface area contributed by atoms with E-state index in [1.54, 1.807) is 11.8 Å². The van der Waals surface area contributed by atoms with E-state index in [1.165, 1.54) is 0 Å². The summed E-state index contributed by atoms with van der Waals surface area (Å²) in [7, 11) is 4.05. The minimum absolute atomic E-state index is 0.00238. The molecular formula is C18H24N4OS. The van der Waals surface area contributed by atoms with E-state index in [2.05, 4.69) is 41.1 Å². The Bertz CT molecular complexity index is 723. The van der Waals surface area contributed by atoms with Gasteiger partial charge in [-0.1, -0.05) is 19.1 Å². The van der Waals surface area contributed by atoms with Crippen molar-refractivity contribution >= 4 is 23.4 Å². The largest absolute Gasteiger partial charge is 0.378 e. The zero-order valence-corrected chi connectivity index (χ0v) is 15.5. The maximum absolute atomic E-state index is 12.4. The summed E-state index contributed by atoms with van der Waals surface area (Å²) >= 11 is 1.66. The van der Waals surface area contributed by atoms with E-state index in [4.69, 9.17) is 4.98 Å². The van der Waals surface area contributed by atoms with Crippen molar-refractivity contribution < 1.29 is 4.79 Å². The lowest BCUT2D eigenvalue weighted by Crippen LogP contribution is -2.28. The number of H-pyrrole nitrogens is 1. The number of thioether (sulfide) groups is 1. The Hall–Kier alpha value is -1.95. The predicted molar refractivity (Wildman–Crippen MR) is 99.2 cm³/mol. The third-order valence-electron chi connectivity index (χ3n) is 4.31. The van der Waals surface area contributed by atoms with Gasteiger partial charge in [0.25, 0.3) is 0 Å². The molecule has 0 bridgehead atoms. The second-order valence-electron chi connectivity index (χ2n) is 6.29. The molecule has 1 fully saturated rings. The van der Waals surface area contributed by atoms with Gasteiger partial charge in [0.05, 0.1) is 11.4 Å². The van der Waals surface area contributed by atoms with Crippen molar-refractivity contribution in [2.24, 2.45) is 0 Å². The molecule has 3 rings (SSSR count). The molecule has 1 N–H and O–H groups in total. The fourth-order valence-corrected chi connectivity index (χ4v) is 4.12. The highest BCUT2D eigenvalue weighted by atomic mass is 32.2. The molecule has 0 aliphatic carbocycles. The standard InChI is InChI=1S/C18H24N4OS/c1-5-15-19-12(2)17(20-15)18-22(16(23)11-24-18)10-13-6-8-14(9-7-13)21(3)4/h6-9,18H,5,10-11H2,1-4H3,(H,19,20). The van der Waals surface area contributed by atoms with Gasteiger partial charge in [-0.25, -0.2) is 4.98 Å². The molecule has 1 unspecified atom stereocenters. The summed E-state index contributed by atoms with van der Waals surface area (Å²) in [5.74, 6) is 1.69. The lowest BCUT2D eigenvalue weighted by Gasteiger charge is -2.23. The number of nitrogens with zero attached hydrogens (tertiary/aromatic N) is 3. The number of hydrogen-bond donors (Lipinski definition) is 1. The Morgan fingerprint density at radius 1 is 1.33 bits per heavy atom. The van der Waals surface area contributed by atoms with E-state index in [0.717, 1.165) is 34.9 Å². The van der Waals surface area contributed by atoms with Gasteiger partial charge in [-0.3, -0.25) is 4.79 Å². The van der Waals surface area contributed by atoms with Crippen LogP contribution in [-0.2, 0) is 17.8 Å². The zero-order chi connectivity index (χ0) is 17.3. The monoisotopic (exact) mass is 344 g/mol. The van der Waals surface area contributed by atoms with Crippen molar-refractivity contribution in [1.82, 2.24) is 14.9 Å². The van der Waals surface area contributed by atoms with Gasteiger partial charge in [0.2, 0.25) is 5.91 Å². The molecule has 0 spiro atoms. The lowest BCUT2D eigenvalue weighted by molar-refractivity contribution is -0.128. The van der Waals surface area contributed by atoms with Crippen LogP contribution in [-0.4, -0.2) is 40.6 Å². The molecule has 128 valence electrons. The van der Waals surface area contributed by atoms with Crippen molar-refractivity contribution in [3.8, 4) is 0 Å². The van der Waals surface area contributed by atoms with Gasteiger partial charge in [0.1, 0.15) is 11.2 Å². The van der Waals surface area contributed by atoms with Crippen molar-refractivity contribution in [1.29, 1.82) is 0 Å². The predicted octanol–water partition coefficient (Wildman–Crippen LogP) is 3.12. The van der Waals surface area contributed by atoms with Crippen LogP contribution in [0.15, 0.2) is 24.3 Å². The second kappa shape index (κ2) is 6.89. The molecule has 6 heteroatoms. The number of imidazole rings is 1. The summed E-state index contributed by atoms with van der Waals surface area (Å²) in [6.45, 7) is 4.74. The van der Waals surface area contributed by atoms with E-state index < -0.39 is 0 Å². The van der Waals surface area contributed by atoms with Crippen molar-refractivity contribution in [2.45, 2.75) is 32.2 Å². The SMILES string of the molecule is CCc1nc(C2SCC(=O)N2Cc2ccc(N(C)C)cc2)c(C)[nH]1. The van der Waals surface area contributed by atoms with Crippen LogP contribution in [0.2, 0.25) is 0 Å². The highest BCUT2D eigenvalue weighted by Gasteiger charge is 2.35. The van der Waals surface area contributed by atoms with Crippen LogP contribution in [0.5, 0.6) is 0 Å². The molecule has 1 saturated heterocycles. The van der Waals surface area contributed by atoms with Crippen LogP contribution in [0.1, 0.15) is 35.1 Å². The summed E-state index contributed by atoms with van der Waals surface area (Å²) in [5, 5.41) is 0.00238. The first-order valence-corrected chi connectivity index (χ1v) is 9.27. The average Bonchev–Trinajstić information content (AvgIpc) is 3.11. The van der Waals surface area contributed by atoms with Crippen LogP contribution in [0.4, 0.5) is 5.69 Å². The first-order valence-electron chi connectivity index (χ1n) is 8.22. The van der Waals surface area contributed by atoms with Gasteiger partial charge in [-0.05, 0) is 24.6 Å². The average molecular weight is 344 g/mol. The molecule has 2 aromatic rings. The number of hydrogen-bond acceptors (Lipinski definition) is 4. The van der Waals surface area contributed by atoms with E-state index in [-0.39, 0.29) is 11.3 Å². The molecule has 0 saturated carbocycles. The van der Waals surface area contributed by atoms with Gasteiger partial charge in [0, 0.05) is 38.4 Å². The van der Waals surface area contributed by atoms with Crippen molar-refractivity contribution in [2.75, 3.05) is 24.7 Å². The maximum atomic E-state index is 12.4. The highest BCUT2D eigenvalue weighted by molar-refractivity contribution is 8.00. The number of aromatic nitrogens is 2. The lowest BCUT2D eigenvalue weighted by atomic mass is 10.1. The summed E-state index contributed by atoms with van der Waals surface area (Å²) in [4.78, 5) is 24.4. The maximum Gasteiger partial charge on any atom is 0.234 e. The van der Waals surface area contributed by atoms with Gasteiger partial charge in [-0.15, -0.1) is 11.8 Å². The first kappa shape index (κ1) is 16.9. The zero-order valence-electron chi connectivity index (χ0n) is 14.7. The topological polar surface area (TPSA) is 52.2 Å². The number of anilines is 1. The van der Waals surface area contributed by atoms with Gasteiger partial charge < -0.3 is 14.8 Å². The Labute approximate surface area is 147 Å². The normalized spacial score (nSPS) is 17.6. The number of rotatable bonds is 5. The Kier molecular flexibility index (Phi) is 4.85. The molecule has 24 heavy (non-hydrogen) atoms. The fourth-order valence-electron chi connectivity index (χ4n) is 2.89. The third kappa shape index (κ3) is 3.29. The third-order valence-corrected chi connectivity index (χ3v) is 5.52. The van der Waals surface area contributed by atoms with Gasteiger partial charge >= 0.3 is 0 Å². The summed E-state index contributed by atoms with van der Waals surface area (Å²) in [6.07, 6.45) is 0.873. The van der Waals surface area contributed by atoms with Crippen LogP contribution >= 0.6 is 11.8 Å². The fraction of sp³-hybridized carbons (Fsp3) is 0.444. The Morgan fingerprint density at radius 3 is 2.62 bits per heavy atom. The van der Waals surface area contributed by atoms with Gasteiger partial charge in [0.15, 0.2) is 0 Å². The first-order chi connectivity index (χ1) is 11.5. The molecule has 2 heterocycles. The summed E-state index contributed by atoms with van der Waals surface area (Å²) in [6, 6.07) is 8.37. The minimum atomic E-state index is 0.00238. The smallest absolute Gasteiger partial charge is 0.234 e. The van der Waals surface area contributed by atoms with Crippen LogP contribution in [0.25, 0.3) is 0 Å². The van der Waals surface area contributed by atoms with E-state index in [9.17, 15) is 4.79 Å². The van der Waals surface area contributed by atoms with E-state index >= 15 is 0 Å². The number of nitrogens with one attached hydrogen (secondary N) is 1. The number of aromatic amines is 1. The molecule has 1 aromatic carbocycles. The number of carbonyl (C=O) groups is 1. The molecular weight excluding hydrogens is 320 g/mol. The minimum Gasteiger partial charge on any atom is -0.378 e. The molecule has 1 aliphatic heterocycles. The summed E-state index contributed by atoms with van der Waals surface area (Å²) in [5.41, 5.74) is 4.36. The molecule has 1 atom stereocenters. The molecule has 1 amide bonds. The summed E-state index contributed by atoms with van der Waals surface area (Å²) < 4.78 is 0. The van der Waals surface area contributed by atoms with E-state index in [0.29, 0.717) is 12.3 Å². The Morgan fingerprint density at radius 2 is 2.04 bits per heavy atom. The van der Waals surface area contributed by atoms with Crippen LogP contribution in [0, 0.1) is 6.92 Å². The molecule has 1 aromatic heterocycles. The molecule has 1 aliphatic rings. The second-order valence-corrected chi connectivity index (χ2v) is 7.36. The van der Waals surface area contributed by atoms with Crippen LogP contribution in [0.3, 0.4) is 0 Å². The number of benzene rings is 1.